The molecule has 1 atom stereocenters. The highest BCUT2D eigenvalue weighted by atomic mass is 16.5. The zero-order valence-corrected chi connectivity index (χ0v) is 14.1. The summed E-state index contributed by atoms with van der Waals surface area (Å²) in [5.74, 6) is 1.22. The molecule has 7 heteroatoms. The van der Waals surface area contributed by atoms with Gasteiger partial charge in [-0.2, -0.15) is 0 Å². The van der Waals surface area contributed by atoms with Crippen molar-refractivity contribution in [2.24, 2.45) is 0 Å². The number of H-pyrrole nitrogens is 1. The summed E-state index contributed by atoms with van der Waals surface area (Å²) in [5.41, 5.74) is 0.325. The lowest BCUT2D eigenvalue weighted by molar-refractivity contribution is -0.140. The van der Waals surface area contributed by atoms with Crippen LogP contribution in [0.4, 0.5) is 0 Å². The first-order valence-corrected chi connectivity index (χ1v) is 8.26. The van der Waals surface area contributed by atoms with E-state index >= 15 is 0 Å². The molecule has 2 aromatic rings. The molecule has 1 N–H and O–H groups in total. The van der Waals surface area contributed by atoms with Gasteiger partial charge in [-0.1, -0.05) is 18.2 Å². The van der Waals surface area contributed by atoms with Gasteiger partial charge in [-0.25, -0.2) is 4.98 Å². The molecule has 0 unspecified atom stereocenters. The van der Waals surface area contributed by atoms with Crippen LogP contribution < -0.4 is 10.3 Å². The van der Waals surface area contributed by atoms with Crippen LogP contribution in [-0.4, -0.2) is 47.1 Å². The summed E-state index contributed by atoms with van der Waals surface area (Å²) in [6.07, 6.45) is 0.258. The number of carbonyl (C=O) groups is 1. The molecule has 0 aliphatic carbocycles. The summed E-state index contributed by atoms with van der Waals surface area (Å²) in [7, 11) is 0. The van der Waals surface area contributed by atoms with Crippen LogP contribution in [0.25, 0.3) is 0 Å². The topological polar surface area (TPSA) is 84.5 Å². The standard InChI is InChI=1S/C18H21N3O4/c1-13-19-15(11-17(22)20-13)16-12-24-10-8-21(16)18(23)7-9-25-14-5-3-2-4-6-14/h2-6,11,16H,7-10,12H2,1H3,(H,19,20,22)/t16-/m0/s1. The van der Waals surface area contributed by atoms with Crippen LogP contribution in [0.15, 0.2) is 41.2 Å². The third-order valence-electron chi connectivity index (χ3n) is 4.00. The lowest BCUT2D eigenvalue weighted by atomic mass is 10.1. The van der Waals surface area contributed by atoms with E-state index in [-0.39, 0.29) is 23.9 Å². The molecule has 1 aromatic heterocycles. The smallest absolute Gasteiger partial charge is 0.251 e. The van der Waals surface area contributed by atoms with Crippen molar-refractivity contribution in [3.63, 3.8) is 0 Å². The minimum absolute atomic E-state index is 0.0380. The van der Waals surface area contributed by atoms with Crippen LogP contribution in [0.2, 0.25) is 0 Å². The highest BCUT2D eigenvalue weighted by Gasteiger charge is 2.29. The van der Waals surface area contributed by atoms with Gasteiger partial charge in [0.15, 0.2) is 0 Å². The number of aryl methyl sites for hydroxylation is 1. The predicted molar refractivity (Wildman–Crippen MR) is 91.4 cm³/mol. The fraction of sp³-hybridized carbons (Fsp3) is 0.389. The van der Waals surface area contributed by atoms with Gasteiger partial charge in [0, 0.05) is 12.6 Å². The van der Waals surface area contributed by atoms with Gasteiger partial charge in [-0.3, -0.25) is 9.59 Å². The highest BCUT2D eigenvalue weighted by Crippen LogP contribution is 2.22. The number of nitrogens with one attached hydrogen (secondary N) is 1. The lowest BCUT2D eigenvalue weighted by Gasteiger charge is -2.35. The molecule has 0 radical (unpaired) electrons. The van der Waals surface area contributed by atoms with Crippen LogP contribution in [0.5, 0.6) is 5.75 Å². The normalized spacial score (nSPS) is 17.3. The number of rotatable bonds is 5. The van der Waals surface area contributed by atoms with E-state index in [1.807, 2.05) is 30.3 Å². The largest absolute Gasteiger partial charge is 0.493 e. The van der Waals surface area contributed by atoms with E-state index in [0.717, 1.165) is 5.75 Å². The summed E-state index contributed by atoms with van der Waals surface area (Å²) < 4.78 is 11.1. The van der Waals surface area contributed by atoms with Crippen molar-refractivity contribution in [1.29, 1.82) is 0 Å². The Kier molecular flexibility index (Phi) is 5.45. The third-order valence-corrected chi connectivity index (χ3v) is 4.00. The molecule has 0 spiro atoms. The van der Waals surface area contributed by atoms with Crippen LogP contribution in [-0.2, 0) is 9.53 Å². The highest BCUT2D eigenvalue weighted by molar-refractivity contribution is 5.77. The Hall–Kier alpha value is -2.67. The molecular formula is C18H21N3O4. The van der Waals surface area contributed by atoms with Crippen molar-refractivity contribution in [2.45, 2.75) is 19.4 Å². The van der Waals surface area contributed by atoms with Crippen molar-refractivity contribution < 1.29 is 14.3 Å². The molecule has 1 fully saturated rings. The van der Waals surface area contributed by atoms with E-state index in [0.29, 0.717) is 37.9 Å². The van der Waals surface area contributed by atoms with Crippen LogP contribution in [0, 0.1) is 6.92 Å². The number of carbonyl (C=O) groups excluding carboxylic acids is 1. The van der Waals surface area contributed by atoms with Gasteiger partial charge in [0.05, 0.1) is 38.0 Å². The number of amides is 1. The van der Waals surface area contributed by atoms with Crippen LogP contribution in [0.1, 0.15) is 24.0 Å². The fourth-order valence-electron chi connectivity index (χ4n) is 2.84. The molecule has 0 bridgehead atoms. The summed E-state index contributed by atoms with van der Waals surface area (Å²) in [5, 5.41) is 0. The Labute approximate surface area is 145 Å². The number of ether oxygens (including phenoxy) is 2. The number of hydrogen-bond acceptors (Lipinski definition) is 5. The summed E-state index contributed by atoms with van der Waals surface area (Å²) in [6.45, 7) is 3.30. The van der Waals surface area contributed by atoms with Gasteiger partial charge in [-0.05, 0) is 19.1 Å². The van der Waals surface area contributed by atoms with E-state index in [2.05, 4.69) is 9.97 Å². The maximum atomic E-state index is 12.6. The molecule has 1 saturated heterocycles. The molecule has 1 aromatic carbocycles. The number of morpholine rings is 1. The lowest BCUT2D eigenvalue weighted by Crippen LogP contribution is -2.44. The van der Waals surface area contributed by atoms with Crippen molar-refractivity contribution in [1.82, 2.24) is 14.9 Å². The average Bonchev–Trinajstić information content (AvgIpc) is 2.62. The number of para-hydroxylation sites is 1. The molecule has 0 saturated carbocycles. The Morgan fingerprint density at radius 1 is 1.40 bits per heavy atom. The predicted octanol–water partition coefficient (Wildman–Crippen LogP) is 1.45. The van der Waals surface area contributed by atoms with Gasteiger partial charge >= 0.3 is 0 Å². The second-order valence-electron chi connectivity index (χ2n) is 5.85. The molecule has 25 heavy (non-hydrogen) atoms. The molecule has 3 rings (SSSR count). The number of aromatic amines is 1. The second-order valence-corrected chi connectivity index (χ2v) is 5.85. The van der Waals surface area contributed by atoms with Crippen molar-refractivity contribution in [2.75, 3.05) is 26.4 Å². The summed E-state index contributed by atoms with van der Waals surface area (Å²) in [6, 6.07) is 10.5. The van der Waals surface area contributed by atoms with Crippen molar-refractivity contribution in [3.05, 3.63) is 58.3 Å². The molecule has 7 nitrogen and oxygen atoms in total. The number of benzene rings is 1. The van der Waals surface area contributed by atoms with Crippen LogP contribution >= 0.6 is 0 Å². The third kappa shape index (κ3) is 4.45. The quantitative estimate of drug-likeness (QED) is 0.888. The maximum Gasteiger partial charge on any atom is 0.251 e. The number of nitrogens with zero attached hydrogens (tertiary/aromatic N) is 2. The molecule has 132 valence electrons. The first-order valence-electron chi connectivity index (χ1n) is 8.26. The number of hydrogen-bond donors (Lipinski definition) is 1. The Morgan fingerprint density at radius 3 is 2.96 bits per heavy atom. The van der Waals surface area contributed by atoms with Crippen molar-refractivity contribution in [3.8, 4) is 5.75 Å². The minimum Gasteiger partial charge on any atom is -0.493 e. The molecular weight excluding hydrogens is 322 g/mol. The molecule has 1 aliphatic heterocycles. The summed E-state index contributed by atoms with van der Waals surface area (Å²) >= 11 is 0. The molecule has 2 heterocycles. The van der Waals surface area contributed by atoms with E-state index in [1.165, 1.54) is 6.07 Å². The number of aromatic nitrogens is 2. The van der Waals surface area contributed by atoms with E-state index in [9.17, 15) is 9.59 Å². The van der Waals surface area contributed by atoms with Gasteiger partial charge in [0.2, 0.25) is 5.91 Å². The van der Waals surface area contributed by atoms with Gasteiger partial charge in [0.25, 0.3) is 5.56 Å². The Bertz CT molecular complexity index is 775. The monoisotopic (exact) mass is 343 g/mol. The minimum atomic E-state index is -0.348. The van der Waals surface area contributed by atoms with E-state index < -0.39 is 0 Å². The first-order chi connectivity index (χ1) is 12.1. The zero-order chi connectivity index (χ0) is 17.6. The fourth-order valence-corrected chi connectivity index (χ4v) is 2.84. The second kappa shape index (κ2) is 7.94. The molecule has 1 amide bonds. The van der Waals surface area contributed by atoms with Crippen molar-refractivity contribution >= 4 is 5.91 Å². The average molecular weight is 343 g/mol. The van der Waals surface area contributed by atoms with E-state index in [1.54, 1.807) is 11.8 Å². The Balaban J connectivity index is 1.65. The van der Waals surface area contributed by atoms with Gasteiger partial charge in [0.1, 0.15) is 11.6 Å². The zero-order valence-electron chi connectivity index (χ0n) is 14.1. The van der Waals surface area contributed by atoms with Gasteiger partial charge < -0.3 is 19.4 Å². The Morgan fingerprint density at radius 2 is 2.20 bits per heavy atom. The maximum absolute atomic E-state index is 12.6. The first kappa shape index (κ1) is 17.2. The molecule has 1 aliphatic rings. The van der Waals surface area contributed by atoms with Crippen LogP contribution in [0.3, 0.4) is 0 Å². The summed E-state index contributed by atoms with van der Waals surface area (Å²) in [4.78, 5) is 33.0. The SMILES string of the molecule is Cc1nc([C@@H]2COCCN2C(=O)CCOc2ccccc2)cc(=O)[nH]1. The van der Waals surface area contributed by atoms with E-state index in [4.69, 9.17) is 9.47 Å². The van der Waals surface area contributed by atoms with Gasteiger partial charge in [-0.15, -0.1) is 0 Å².